The first-order valence-electron chi connectivity index (χ1n) is 6.17. The van der Waals surface area contributed by atoms with Gasteiger partial charge in [0.2, 0.25) is 0 Å². The van der Waals surface area contributed by atoms with Crippen molar-refractivity contribution in [3.63, 3.8) is 0 Å². The Bertz CT molecular complexity index is 131. The molecule has 0 atom stereocenters. The van der Waals surface area contributed by atoms with E-state index in [1.807, 2.05) is 7.11 Å². The third-order valence-electron chi connectivity index (χ3n) is 3.52. The molecule has 0 bridgehead atoms. The number of unbranched alkanes of at least 4 members (excludes halogenated alkanes) is 1. The molecule has 0 radical (unpaired) electrons. The second-order valence-electron chi connectivity index (χ2n) is 4.64. The van der Waals surface area contributed by atoms with E-state index in [2.05, 4.69) is 6.92 Å². The highest BCUT2D eigenvalue weighted by Crippen LogP contribution is 2.19. The summed E-state index contributed by atoms with van der Waals surface area (Å²) in [7, 11) is 1.82. The fourth-order valence-corrected chi connectivity index (χ4v) is 2.52. The SMILES string of the molecule is CCCC[N+]1(CCOC)CCCCC1. The van der Waals surface area contributed by atoms with Crippen molar-refractivity contribution in [3.8, 4) is 0 Å². The predicted molar refractivity (Wildman–Crippen MR) is 60.4 cm³/mol. The van der Waals surface area contributed by atoms with Gasteiger partial charge in [-0.05, 0) is 25.7 Å². The van der Waals surface area contributed by atoms with Crippen molar-refractivity contribution in [1.29, 1.82) is 0 Å². The van der Waals surface area contributed by atoms with Crippen LogP contribution in [-0.4, -0.2) is 44.4 Å². The number of ether oxygens (including phenoxy) is 1. The van der Waals surface area contributed by atoms with Crippen molar-refractivity contribution >= 4 is 0 Å². The molecule has 2 nitrogen and oxygen atoms in total. The highest BCUT2D eigenvalue weighted by Gasteiger charge is 2.28. The molecule has 1 aliphatic heterocycles. The Morgan fingerprint density at radius 1 is 1.07 bits per heavy atom. The fraction of sp³-hybridized carbons (Fsp3) is 1.00. The van der Waals surface area contributed by atoms with E-state index in [0.717, 1.165) is 6.61 Å². The quantitative estimate of drug-likeness (QED) is 0.598. The summed E-state index contributed by atoms with van der Waals surface area (Å²) in [5.74, 6) is 0. The minimum atomic E-state index is 0.934. The Kier molecular flexibility index (Phi) is 5.49. The predicted octanol–water partition coefficient (Wildman–Crippen LogP) is 2.43. The third-order valence-corrected chi connectivity index (χ3v) is 3.52. The smallest absolute Gasteiger partial charge is 0.102 e. The lowest BCUT2D eigenvalue weighted by Crippen LogP contribution is -2.53. The molecule has 2 heteroatoms. The first-order valence-corrected chi connectivity index (χ1v) is 6.17. The summed E-state index contributed by atoms with van der Waals surface area (Å²) >= 11 is 0. The Hall–Kier alpha value is -0.0800. The summed E-state index contributed by atoms with van der Waals surface area (Å²) in [5, 5.41) is 0. The molecule has 1 aliphatic rings. The van der Waals surface area contributed by atoms with E-state index in [1.54, 1.807) is 0 Å². The van der Waals surface area contributed by atoms with Crippen molar-refractivity contribution < 1.29 is 9.22 Å². The molecule has 0 amide bonds. The van der Waals surface area contributed by atoms with Gasteiger partial charge in [-0.15, -0.1) is 0 Å². The Morgan fingerprint density at radius 2 is 1.79 bits per heavy atom. The molecule has 84 valence electrons. The van der Waals surface area contributed by atoms with Crippen LogP contribution in [0.2, 0.25) is 0 Å². The molecule has 0 N–H and O–H groups in total. The number of likely N-dealkylation sites (tertiary alicyclic amines) is 1. The van der Waals surface area contributed by atoms with Gasteiger partial charge >= 0.3 is 0 Å². The highest BCUT2D eigenvalue weighted by atomic mass is 16.5. The first kappa shape index (κ1) is 12.0. The molecular weight excluding hydrogens is 174 g/mol. The Balaban J connectivity index is 2.39. The maximum Gasteiger partial charge on any atom is 0.102 e. The molecule has 1 heterocycles. The number of hydrogen-bond acceptors (Lipinski definition) is 1. The fourth-order valence-electron chi connectivity index (χ4n) is 2.52. The number of quaternary nitrogens is 1. The van der Waals surface area contributed by atoms with Crippen LogP contribution < -0.4 is 0 Å². The standard InChI is InChI=1S/C12H26NO/c1-3-4-8-13(11-12-14-2)9-6-5-7-10-13/h3-12H2,1-2H3/q+1. The zero-order valence-corrected chi connectivity index (χ0v) is 9.93. The molecule has 1 fully saturated rings. The van der Waals surface area contributed by atoms with Crippen LogP contribution in [0.15, 0.2) is 0 Å². The van der Waals surface area contributed by atoms with Crippen LogP contribution >= 0.6 is 0 Å². The van der Waals surface area contributed by atoms with Crippen molar-refractivity contribution in [2.24, 2.45) is 0 Å². The van der Waals surface area contributed by atoms with E-state index in [9.17, 15) is 0 Å². The van der Waals surface area contributed by atoms with Crippen molar-refractivity contribution in [3.05, 3.63) is 0 Å². The topological polar surface area (TPSA) is 9.23 Å². The van der Waals surface area contributed by atoms with E-state index >= 15 is 0 Å². The number of hydrogen-bond donors (Lipinski definition) is 0. The Labute approximate surface area is 88.8 Å². The summed E-state index contributed by atoms with van der Waals surface area (Å²) in [5.41, 5.74) is 0. The lowest BCUT2D eigenvalue weighted by atomic mass is 10.1. The van der Waals surface area contributed by atoms with Crippen LogP contribution in [0, 0.1) is 0 Å². The van der Waals surface area contributed by atoms with Gasteiger partial charge in [0.05, 0.1) is 26.2 Å². The number of piperidine rings is 1. The zero-order chi connectivity index (χ0) is 10.3. The van der Waals surface area contributed by atoms with E-state index in [4.69, 9.17) is 4.74 Å². The third kappa shape index (κ3) is 3.58. The molecule has 14 heavy (non-hydrogen) atoms. The summed E-state index contributed by atoms with van der Waals surface area (Å²) in [6, 6.07) is 0. The van der Waals surface area contributed by atoms with Gasteiger partial charge in [0, 0.05) is 7.11 Å². The minimum Gasteiger partial charge on any atom is -0.379 e. The van der Waals surface area contributed by atoms with Crippen molar-refractivity contribution in [2.45, 2.75) is 39.0 Å². The van der Waals surface area contributed by atoms with Gasteiger partial charge in [-0.25, -0.2) is 0 Å². The molecule has 0 unspecified atom stereocenters. The lowest BCUT2D eigenvalue weighted by Gasteiger charge is -2.41. The molecular formula is C12H26NO+. The number of methoxy groups -OCH3 is 1. The van der Waals surface area contributed by atoms with Crippen LogP contribution in [0.4, 0.5) is 0 Å². The van der Waals surface area contributed by atoms with Gasteiger partial charge in [0.25, 0.3) is 0 Å². The minimum absolute atomic E-state index is 0.934. The van der Waals surface area contributed by atoms with E-state index in [-0.39, 0.29) is 0 Å². The van der Waals surface area contributed by atoms with Crippen LogP contribution in [0.1, 0.15) is 39.0 Å². The summed E-state index contributed by atoms with van der Waals surface area (Å²) < 4.78 is 6.57. The van der Waals surface area contributed by atoms with Gasteiger partial charge in [-0.3, -0.25) is 0 Å². The molecule has 0 aromatic rings. The maximum absolute atomic E-state index is 5.23. The van der Waals surface area contributed by atoms with Crippen molar-refractivity contribution in [1.82, 2.24) is 0 Å². The second-order valence-corrected chi connectivity index (χ2v) is 4.64. The average Bonchev–Trinajstić information content (AvgIpc) is 2.25. The molecule has 0 saturated carbocycles. The van der Waals surface area contributed by atoms with Crippen LogP contribution in [-0.2, 0) is 4.74 Å². The van der Waals surface area contributed by atoms with Crippen LogP contribution in [0.3, 0.4) is 0 Å². The lowest BCUT2D eigenvalue weighted by molar-refractivity contribution is -0.932. The molecule has 1 saturated heterocycles. The van der Waals surface area contributed by atoms with Gasteiger partial charge in [-0.2, -0.15) is 0 Å². The summed E-state index contributed by atoms with van der Waals surface area (Å²) in [6.45, 7) is 8.61. The van der Waals surface area contributed by atoms with Gasteiger partial charge < -0.3 is 9.22 Å². The normalized spacial score (nSPS) is 21.0. The monoisotopic (exact) mass is 200 g/mol. The molecule has 0 aromatic heterocycles. The number of rotatable bonds is 6. The first-order chi connectivity index (χ1) is 6.83. The van der Waals surface area contributed by atoms with Crippen LogP contribution in [0.5, 0.6) is 0 Å². The van der Waals surface area contributed by atoms with Crippen molar-refractivity contribution in [2.75, 3.05) is 39.9 Å². The van der Waals surface area contributed by atoms with Gasteiger partial charge in [0.1, 0.15) is 6.54 Å². The largest absolute Gasteiger partial charge is 0.379 e. The van der Waals surface area contributed by atoms with Crippen LogP contribution in [0.25, 0.3) is 0 Å². The molecule has 0 spiro atoms. The molecule has 0 aromatic carbocycles. The van der Waals surface area contributed by atoms with E-state index in [0.29, 0.717) is 0 Å². The van der Waals surface area contributed by atoms with E-state index < -0.39 is 0 Å². The molecule has 0 aliphatic carbocycles. The van der Waals surface area contributed by atoms with Gasteiger partial charge in [0.15, 0.2) is 0 Å². The molecule has 1 rings (SSSR count). The second kappa shape index (κ2) is 6.41. The maximum atomic E-state index is 5.23. The zero-order valence-electron chi connectivity index (χ0n) is 9.93. The number of nitrogens with zero attached hydrogens (tertiary/aromatic N) is 1. The Morgan fingerprint density at radius 3 is 2.36 bits per heavy atom. The highest BCUT2D eigenvalue weighted by molar-refractivity contribution is 4.54. The summed E-state index contributed by atoms with van der Waals surface area (Å²) in [4.78, 5) is 0. The van der Waals surface area contributed by atoms with E-state index in [1.165, 1.54) is 62.8 Å². The summed E-state index contributed by atoms with van der Waals surface area (Å²) in [6.07, 6.45) is 7.00. The average molecular weight is 200 g/mol. The van der Waals surface area contributed by atoms with Gasteiger partial charge in [-0.1, -0.05) is 13.3 Å².